The largest absolute Gasteiger partial charge is 0.385 e. The molecule has 0 aliphatic carbocycles. The van der Waals surface area contributed by atoms with Crippen molar-refractivity contribution >= 4 is 17.7 Å². The van der Waals surface area contributed by atoms with Crippen molar-refractivity contribution in [1.82, 2.24) is 20.1 Å². The number of hydrogen-bond donors (Lipinski definition) is 2. The number of ether oxygens (including phenoxy) is 1. The third-order valence-corrected chi connectivity index (χ3v) is 4.41. The second-order valence-corrected chi connectivity index (χ2v) is 6.27. The minimum absolute atomic E-state index is 0.147. The van der Waals surface area contributed by atoms with Crippen LogP contribution in [0.15, 0.2) is 34.2 Å². The van der Waals surface area contributed by atoms with Crippen molar-refractivity contribution < 1.29 is 13.9 Å². The van der Waals surface area contributed by atoms with Crippen molar-refractivity contribution in [2.75, 3.05) is 26.0 Å². The van der Waals surface area contributed by atoms with Crippen LogP contribution >= 0.6 is 11.8 Å². The number of rotatable bonds is 10. The van der Waals surface area contributed by atoms with Gasteiger partial charge in [0.15, 0.2) is 5.16 Å². The average Bonchev–Trinajstić information content (AvgIpc) is 2.95. The van der Waals surface area contributed by atoms with E-state index in [1.807, 2.05) is 0 Å². The summed E-state index contributed by atoms with van der Waals surface area (Å²) in [5.41, 5.74) is 0.656. The summed E-state index contributed by atoms with van der Waals surface area (Å²) in [6.45, 7) is 1.50. The molecule has 25 heavy (non-hydrogen) atoms. The maximum absolute atomic E-state index is 12.8. The highest BCUT2D eigenvalue weighted by Crippen LogP contribution is 2.13. The van der Waals surface area contributed by atoms with Gasteiger partial charge in [0, 0.05) is 26.8 Å². The summed E-state index contributed by atoms with van der Waals surface area (Å²) in [6, 6.07) is 6.18. The van der Waals surface area contributed by atoms with Gasteiger partial charge in [0.2, 0.25) is 5.91 Å². The summed E-state index contributed by atoms with van der Waals surface area (Å²) >= 11 is 1.20. The average molecular weight is 368 g/mol. The van der Waals surface area contributed by atoms with Gasteiger partial charge in [-0.25, -0.2) is 14.3 Å². The smallest absolute Gasteiger partial charge is 0.343 e. The van der Waals surface area contributed by atoms with E-state index in [0.717, 1.165) is 5.56 Å². The number of amides is 1. The molecule has 2 N–H and O–H groups in total. The van der Waals surface area contributed by atoms with Crippen LogP contribution in [0, 0.1) is 5.82 Å². The van der Waals surface area contributed by atoms with Crippen LogP contribution < -0.4 is 11.0 Å². The fourth-order valence-electron chi connectivity index (χ4n) is 2.16. The SMILES string of the molecule is COCCCn1c(SCC(=O)NCCc2ccc(F)cc2)n[nH]c1=O. The van der Waals surface area contributed by atoms with Gasteiger partial charge < -0.3 is 10.1 Å². The number of aromatic amines is 1. The quantitative estimate of drug-likeness (QED) is 0.486. The number of thioether (sulfide) groups is 1. The first-order valence-corrected chi connectivity index (χ1v) is 8.87. The van der Waals surface area contributed by atoms with Gasteiger partial charge in [-0.05, 0) is 30.5 Å². The van der Waals surface area contributed by atoms with Gasteiger partial charge in [-0.2, -0.15) is 0 Å². The van der Waals surface area contributed by atoms with E-state index >= 15 is 0 Å². The normalized spacial score (nSPS) is 10.8. The minimum Gasteiger partial charge on any atom is -0.385 e. The lowest BCUT2D eigenvalue weighted by molar-refractivity contribution is -0.118. The first-order valence-electron chi connectivity index (χ1n) is 7.88. The fourth-order valence-corrected chi connectivity index (χ4v) is 2.96. The third-order valence-electron chi connectivity index (χ3n) is 3.43. The van der Waals surface area contributed by atoms with Crippen molar-refractivity contribution in [3.8, 4) is 0 Å². The zero-order valence-electron chi connectivity index (χ0n) is 14.0. The Morgan fingerprint density at radius 3 is 2.88 bits per heavy atom. The molecule has 1 amide bonds. The number of nitrogens with one attached hydrogen (secondary N) is 2. The van der Waals surface area contributed by atoms with E-state index in [9.17, 15) is 14.0 Å². The summed E-state index contributed by atoms with van der Waals surface area (Å²) in [7, 11) is 1.60. The predicted octanol–water partition coefficient (Wildman–Crippen LogP) is 1.20. The molecule has 0 saturated heterocycles. The molecule has 0 atom stereocenters. The molecule has 0 aliphatic rings. The van der Waals surface area contributed by atoms with Crippen molar-refractivity contribution in [1.29, 1.82) is 0 Å². The Kier molecular flexibility index (Phi) is 7.68. The topological polar surface area (TPSA) is 89.0 Å². The molecular formula is C16H21FN4O3S. The van der Waals surface area contributed by atoms with Gasteiger partial charge in [0.1, 0.15) is 5.82 Å². The van der Waals surface area contributed by atoms with Gasteiger partial charge >= 0.3 is 5.69 Å². The summed E-state index contributed by atoms with van der Waals surface area (Å²) in [5, 5.41) is 9.60. The molecule has 0 aliphatic heterocycles. The highest BCUT2D eigenvalue weighted by molar-refractivity contribution is 7.99. The van der Waals surface area contributed by atoms with Gasteiger partial charge in [-0.3, -0.25) is 9.36 Å². The lowest BCUT2D eigenvalue weighted by atomic mass is 10.1. The highest BCUT2D eigenvalue weighted by Gasteiger charge is 2.11. The van der Waals surface area contributed by atoms with Crippen LogP contribution in [0.25, 0.3) is 0 Å². The van der Waals surface area contributed by atoms with E-state index in [4.69, 9.17) is 4.74 Å². The Morgan fingerprint density at radius 1 is 1.40 bits per heavy atom. The molecule has 0 bridgehead atoms. The molecule has 0 fully saturated rings. The second kappa shape index (κ2) is 10.00. The first-order chi connectivity index (χ1) is 12.1. The Morgan fingerprint density at radius 2 is 2.16 bits per heavy atom. The Bertz CT molecular complexity index is 730. The molecule has 1 heterocycles. The van der Waals surface area contributed by atoms with Crippen LogP contribution in [-0.2, 0) is 22.5 Å². The van der Waals surface area contributed by atoms with E-state index in [0.29, 0.717) is 37.7 Å². The van der Waals surface area contributed by atoms with Crippen LogP contribution in [0.4, 0.5) is 4.39 Å². The molecule has 0 radical (unpaired) electrons. The van der Waals surface area contributed by atoms with Gasteiger partial charge in [-0.15, -0.1) is 5.10 Å². The molecule has 0 saturated carbocycles. The maximum Gasteiger partial charge on any atom is 0.343 e. The highest BCUT2D eigenvalue weighted by atomic mass is 32.2. The number of hydrogen-bond acceptors (Lipinski definition) is 5. The number of benzene rings is 1. The van der Waals surface area contributed by atoms with Crippen LogP contribution in [0.3, 0.4) is 0 Å². The summed E-state index contributed by atoms with van der Waals surface area (Å²) < 4.78 is 19.3. The molecule has 136 valence electrons. The van der Waals surface area contributed by atoms with Gasteiger partial charge in [0.05, 0.1) is 5.75 Å². The number of carbonyl (C=O) groups excluding carboxylic acids is 1. The van der Waals surface area contributed by atoms with Crippen LogP contribution in [0.1, 0.15) is 12.0 Å². The third kappa shape index (κ3) is 6.35. The first kappa shape index (κ1) is 19.2. The number of aromatic nitrogens is 3. The molecule has 2 aromatic rings. The molecule has 1 aromatic heterocycles. The molecule has 2 rings (SSSR count). The lowest BCUT2D eigenvalue weighted by Gasteiger charge is -2.06. The maximum atomic E-state index is 12.8. The zero-order valence-corrected chi connectivity index (χ0v) is 14.8. The van der Waals surface area contributed by atoms with Crippen LogP contribution in [0.2, 0.25) is 0 Å². The molecule has 0 spiro atoms. The fraction of sp³-hybridized carbons (Fsp3) is 0.438. The van der Waals surface area contributed by atoms with E-state index in [1.165, 1.54) is 28.5 Å². The van der Waals surface area contributed by atoms with E-state index < -0.39 is 0 Å². The Hall–Kier alpha value is -2.13. The van der Waals surface area contributed by atoms with Gasteiger partial charge in [0.25, 0.3) is 0 Å². The number of methoxy groups -OCH3 is 1. The second-order valence-electron chi connectivity index (χ2n) is 5.32. The summed E-state index contributed by atoms with van der Waals surface area (Å²) in [6.07, 6.45) is 1.31. The number of halogens is 1. The molecule has 0 unspecified atom stereocenters. The van der Waals surface area contributed by atoms with Crippen molar-refractivity contribution in [2.45, 2.75) is 24.5 Å². The Labute approximate surface area is 149 Å². The molecule has 1 aromatic carbocycles. The van der Waals surface area contributed by atoms with Gasteiger partial charge in [-0.1, -0.05) is 23.9 Å². The van der Waals surface area contributed by atoms with E-state index in [-0.39, 0.29) is 23.2 Å². The lowest BCUT2D eigenvalue weighted by Crippen LogP contribution is -2.27. The van der Waals surface area contributed by atoms with E-state index in [1.54, 1.807) is 19.2 Å². The number of carbonyl (C=O) groups is 1. The molecule has 9 heteroatoms. The monoisotopic (exact) mass is 368 g/mol. The molecule has 7 nitrogen and oxygen atoms in total. The number of nitrogens with zero attached hydrogens (tertiary/aromatic N) is 2. The minimum atomic E-state index is -0.296. The van der Waals surface area contributed by atoms with Crippen LogP contribution in [-0.4, -0.2) is 46.7 Å². The Balaban J connectivity index is 1.74. The molecular weight excluding hydrogens is 347 g/mol. The van der Waals surface area contributed by atoms with Crippen LogP contribution in [0.5, 0.6) is 0 Å². The van der Waals surface area contributed by atoms with Crippen molar-refractivity contribution in [3.05, 3.63) is 46.1 Å². The standard InChI is InChI=1S/C16H21FN4O3S/c1-24-10-2-9-21-15(23)19-20-16(21)25-11-14(22)18-8-7-12-3-5-13(17)6-4-12/h3-6H,2,7-11H2,1H3,(H,18,22)(H,19,23). The zero-order chi connectivity index (χ0) is 18.1. The van der Waals surface area contributed by atoms with Crippen molar-refractivity contribution in [3.63, 3.8) is 0 Å². The number of H-pyrrole nitrogens is 1. The van der Waals surface area contributed by atoms with E-state index in [2.05, 4.69) is 15.5 Å². The van der Waals surface area contributed by atoms with Crippen molar-refractivity contribution in [2.24, 2.45) is 0 Å². The summed E-state index contributed by atoms with van der Waals surface area (Å²) in [5.74, 6) is -0.261. The predicted molar refractivity (Wildman–Crippen MR) is 93.2 cm³/mol. The summed E-state index contributed by atoms with van der Waals surface area (Å²) in [4.78, 5) is 23.6.